The number of aryl methyl sites for hydroxylation is 4. The normalized spacial score (nSPS) is 12.1. The zero-order chi connectivity index (χ0) is 25.9. The minimum Gasteiger partial charge on any atom is -0.341 e. The van der Waals surface area contributed by atoms with E-state index in [9.17, 15) is 13.2 Å². The number of anilines is 1. The van der Waals surface area contributed by atoms with E-state index in [2.05, 4.69) is 10.0 Å². The summed E-state index contributed by atoms with van der Waals surface area (Å²) >= 11 is 0. The standard InChI is InChI=1S/C30H30N2O3S/c1-20-10-14-25(15-11-20)29(24-8-6-5-7-9-24)31-30(33)26-16-13-22(3)28(19-26)36(34,35)32-27-17-12-21(2)18-23(27)4/h5-19,29,32H,1-4H3,(H,31,33). The van der Waals surface area contributed by atoms with Crippen molar-refractivity contribution in [2.24, 2.45) is 0 Å². The van der Waals surface area contributed by atoms with Gasteiger partial charge in [0, 0.05) is 5.56 Å². The Morgan fingerprint density at radius 2 is 1.33 bits per heavy atom. The van der Waals surface area contributed by atoms with E-state index in [4.69, 9.17) is 0 Å². The summed E-state index contributed by atoms with van der Waals surface area (Å²) in [5.74, 6) is -0.354. The molecule has 0 fully saturated rings. The molecule has 0 aliphatic heterocycles. The Hall–Kier alpha value is -3.90. The molecule has 6 heteroatoms. The van der Waals surface area contributed by atoms with Crippen LogP contribution in [-0.2, 0) is 10.0 Å². The molecule has 0 aliphatic carbocycles. The summed E-state index contributed by atoms with van der Waals surface area (Å²) < 4.78 is 29.3. The lowest BCUT2D eigenvalue weighted by atomic mass is 9.97. The zero-order valence-corrected chi connectivity index (χ0v) is 21.7. The number of benzene rings is 4. The Morgan fingerprint density at radius 1 is 0.694 bits per heavy atom. The van der Waals surface area contributed by atoms with E-state index >= 15 is 0 Å². The van der Waals surface area contributed by atoms with Crippen molar-refractivity contribution >= 4 is 21.6 Å². The number of sulfonamides is 1. The van der Waals surface area contributed by atoms with Crippen molar-refractivity contribution in [3.63, 3.8) is 0 Å². The van der Waals surface area contributed by atoms with Crippen LogP contribution < -0.4 is 10.0 Å². The predicted molar refractivity (Wildman–Crippen MR) is 145 cm³/mol. The van der Waals surface area contributed by atoms with Gasteiger partial charge in [-0.1, -0.05) is 83.9 Å². The fourth-order valence-electron chi connectivity index (χ4n) is 4.14. The molecule has 0 radical (unpaired) electrons. The van der Waals surface area contributed by atoms with E-state index in [1.807, 2.05) is 87.5 Å². The van der Waals surface area contributed by atoms with Gasteiger partial charge in [-0.25, -0.2) is 8.42 Å². The summed E-state index contributed by atoms with van der Waals surface area (Å²) in [6, 6.07) is 27.6. The van der Waals surface area contributed by atoms with E-state index < -0.39 is 10.0 Å². The van der Waals surface area contributed by atoms with Crippen LogP contribution in [0.4, 0.5) is 5.69 Å². The van der Waals surface area contributed by atoms with Crippen molar-refractivity contribution in [3.8, 4) is 0 Å². The Bertz CT molecular complexity index is 1500. The quantitative estimate of drug-likeness (QED) is 0.317. The van der Waals surface area contributed by atoms with Crippen molar-refractivity contribution in [2.75, 3.05) is 4.72 Å². The summed E-state index contributed by atoms with van der Waals surface area (Å²) in [4.78, 5) is 13.5. The molecule has 1 unspecified atom stereocenters. The monoisotopic (exact) mass is 498 g/mol. The molecule has 4 aromatic rings. The number of hydrogen-bond donors (Lipinski definition) is 2. The highest BCUT2D eigenvalue weighted by atomic mass is 32.2. The molecule has 0 heterocycles. The molecule has 1 amide bonds. The van der Waals surface area contributed by atoms with Crippen molar-refractivity contribution in [2.45, 2.75) is 38.6 Å². The second kappa shape index (κ2) is 10.4. The molecule has 0 spiro atoms. The smallest absolute Gasteiger partial charge is 0.262 e. The number of amides is 1. The van der Waals surface area contributed by atoms with Crippen LogP contribution in [0.2, 0.25) is 0 Å². The van der Waals surface area contributed by atoms with E-state index in [1.165, 1.54) is 6.07 Å². The topological polar surface area (TPSA) is 75.3 Å². The van der Waals surface area contributed by atoms with Gasteiger partial charge in [0.2, 0.25) is 0 Å². The SMILES string of the molecule is Cc1ccc(C(NC(=O)c2ccc(C)c(S(=O)(=O)Nc3ccc(C)cc3C)c2)c2ccccc2)cc1. The molecular formula is C30H30N2O3S. The Kier molecular flexibility index (Phi) is 7.27. The Balaban J connectivity index is 1.65. The second-order valence-electron chi connectivity index (χ2n) is 9.13. The molecule has 5 nitrogen and oxygen atoms in total. The summed E-state index contributed by atoms with van der Waals surface area (Å²) in [7, 11) is -3.90. The van der Waals surface area contributed by atoms with Gasteiger partial charge in [-0.15, -0.1) is 0 Å². The van der Waals surface area contributed by atoms with Crippen molar-refractivity contribution in [1.29, 1.82) is 0 Å². The molecule has 1 atom stereocenters. The van der Waals surface area contributed by atoms with Crippen LogP contribution in [0.15, 0.2) is 95.9 Å². The highest BCUT2D eigenvalue weighted by Gasteiger charge is 2.22. The molecule has 4 rings (SSSR count). The minimum absolute atomic E-state index is 0.0710. The number of rotatable bonds is 7. The molecule has 184 valence electrons. The second-order valence-corrected chi connectivity index (χ2v) is 10.8. The maximum atomic E-state index is 13.4. The van der Waals surface area contributed by atoms with E-state index in [0.717, 1.165) is 27.8 Å². The maximum Gasteiger partial charge on any atom is 0.262 e. The minimum atomic E-state index is -3.90. The van der Waals surface area contributed by atoms with Gasteiger partial charge in [0.25, 0.3) is 15.9 Å². The molecule has 0 bridgehead atoms. The van der Waals surface area contributed by atoms with Gasteiger partial charge in [-0.05, 0) is 68.1 Å². The lowest BCUT2D eigenvalue weighted by Crippen LogP contribution is -2.29. The van der Waals surface area contributed by atoms with Crippen LogP contribution >= 0.6 is 0 Å². The number of hydrogen-bond acceptors (Lipinski definition) is 3. The van der Waals surface area contributed by atoms with Gasteiger partial charge in [0.1, 0.15) is 0 Å². The first kappa shape index (κ1) is 25.2. The zero-order valence-electron chi connectivity index (χ0n) is 20.9. The number of carbonyl (C=O) groups is 1. The molecule has 0 saturated heterocycles. The fourth-order valence-corrected chi connectivity index (χ4v) is 5.54. The molecule has 0 saturated carbocycles. The Morgan fingerprint density at radius 3 is 2.00 bits per heavy atom. The average Bonchev–Trinajstić information content (AvgIpc) is 2.85. The van der Waals surface area contributed by atoms with Crippen LogP contribution in [0.25, 0.3) is 0 Å². The average molecular weight is 499 g/mol. The van der Waals surface area contributed by atoms with Gasteiger partial charge in [-0.3, -0.25) is 9.52 Å². The summed E-state index contributed by atoms with van der Waals surface area (Å²) in [6.45, 7) is 7.55. The van der Waals surface area contributed by atoms with Crippen LogP contribution in [0, 0.1) is 27.7 Å². The van der Waals surface area contributed by atoms with Gasteiger partial charge < -0.3 is 5.32 Å². The highest BCUT2D eigenvalue weighted by molar-refractivity contribution is 7.92. The summed E-state index contributed by atoms with van der Waals surface area (Å²) in [5.41, 5.74) is 6.22. The molecular weight excluding hydrogens is 468 g/mol. The van der Waals surface area contributed by atoms with E-state index in [0.29, 0.717) is 11.3 Å². The summed E-state index contributed by atoms with van der Waals surface area (Å²) in [6.07, 6.45) is 0. The van der Waals surface area contributed by atoms with E-state index in [-0.39, 0.29) is 22.4 Å². The van der Waals surface area contributed by atoms with E-state index in [1.54, 1.807) is 25.1 Å². The Labute approximate surface area is 213 Å². The lowest BCUT2D eigenvalue weighted by molar-refractivity contribution is 0.0942. The fraction of sp³-hybridized carbons (Fsp3) is 0.167. The van der Waals surface area contributed by atoms with Crippen LogP contribution in [-0.4, -0.2) is 14.3 Å². The van der Waals surface area contributed by atoms with Gasteiger partial charge in [0.05, 0.1) is 16.6 Å². The molecule has 0 aromatic heterocycles. The molecule has 0 aliphatic rings. The number of nitrogens with one attached hydrogen (secondary N) is 2. The molecule has 4 aromatic carbocycles. The molecule has 2 N–H and O–H groups in total. The third-order valence-corrected chi connectivity index (χ3v) is 7.69. The van der Waals surface area contributed by atoms with Crippen LogP contribution in [0.3, 0.4) is 0 Å². The predicted octanol–water partition coefficient (Wildman–Crippen LogP) is 6.24. The van der Waals surface area contributed by atoms with Gasteiger partial charge in [0.15, 0.2) is 0 Å². The maximum absolute atomic E-state index is 13.4. The first-order valence-corrected chi connectivity index (χ1v) is 13.3. The third-order valence-electron chi connectivity index (χ3n) is 6.19. The van der Waals surface area contributed by atoms with Crippen LogP contribution in [0.1, 0.15) is 49.8 Å². The van der Waals surface area contributed by atoms with Crippen molar-refractivity contribution < 1.29 is 13.2 Å². The van der Waals surface area contributed by atoms with Gasteiger partial charge >= 0.3 is 0 Å². The lowest BCUT2D eigenvalue weighted by Gasteiger charge is -2.21. The first-order valence-electron chi connectivity index (χ1n) is 11.8. The first-order chi connectivity index (χ1) is 17.1. The third kappa shape index (κ3) is 5.66. The summed E-state index contributed by atoms with van der Waals surface area (Å²) in [5, 5.41) is 3.09. The largest absolute Gasteiger partial charge is 0.341 e. The van der Waals surface area contributed by atoms with Crippen molar-refractivity contribution in [1.82, 2.24) is 5.32 Å². The van der Waals surface area contributed by atoms with Crippen LogP contribution in [0.5, 0.6) is 0 Å². The van der Waals surface area contributed by atoms with Gasteiger partial charge in [-0.2, -0.15) is 0 Å². The highest BCUT2D eigenvalue weighted by Crippen LogP contribution is 2.26. The number of carbonyl (C=O) groups excluding carboxylic acids is 1. The van der Waals surface area contributed by atoms with Crippen molar-refractivity contribution in [3.05, 3.63) is 130 Å². The molecule has 36 heavy (non-hydrogen) atoms.